The molecule has 0 saturated carbocycles. The van der Waals surface area contributed by atoms with Crippen LogP contribution in [0.4, 0.5) is 0 Å². The zero-order valence-corrected chi connectivity index (χ0v) is 9.43. The lowest BCUT2D eigenvalue weighted by Crippen LogP contribution is -2.19. The summed E-state index contributed by atoms with van der Waals surface area (Å²) in [5.74, 6) is -0.470. The summed E-state index contributed by atoms with van der Waals surface area (Å²) < 4.78 is 5.22. The lowest BCUT2D eigenvalue weighted by molar-refractivity contribution is -0.139. The Balaban J connectivity index is 2.27. The van der Waals surface area contributed by atoms with E-state index in [4.69, 9.17) is 9.84 Å². The van der Waals surface area contributed by atoms with Crippen molar-refractivity contribution in [3.8, 4) is 5.75 Å². The first-order chi connectivity index (χ1) is 8.09. The normalized spacial score (nSPS) is 22.9. The van der Waals surface area contributed by atoms with E-state index in [0.29, 0.717) is 5.75 Å². The number of carboxylic acids is 1. The number of benzene rings is 1. The zero-order chi connectivity index (χ0) is 12.4. The maximum absolute atomic E-state index is 10.5. The fraction of sp³-hybridized carbons (Fsp3) is 0.385. The number of fused-ring (bicyclic) bond motifs is 1. The molecule has 1 aliphatic carbocycles. The van der Waals surface area contributed by atoms with Gasteiger partial charge in [0.05, 0.1) is 6.10 Å². The van der Waals surface area contributed by atoms with Gasteiger partial charge in [-0.05, 0) is 42.9 Å². The van der Waals surface area contributed by atoms with Crippen molar-refractivity contribution < 1.29 is 19.7 Å². The van der Waals surface area contributed by atoms with E-state index >= 15 is 0 Å². The van der Waals surface area contributed by atoms with E-state index in [1.165, 1.54) is 0 Å². The molecule has 4 nitrogen and oxygen atoms in total. The predicted octanol–water partition coefficient (Wildman–Crippen LogP) is 1.58. The van der Waals surface area contributed by atoms with Crippen LogP contribution in [0.2, 0.25) is 0 Å². The van der Waals surface area contributed by atoms with Gasteiger partial charge in [-0.25, -0.2) is 4.79 Å². The Bertz CT molecular complexity index is 427. The van der Waals surface area contributed by atoms with Crippen molar-refractivity contribution in [1.29, 1.82) is 0 Å². The minimum Gasteiger partial charge on any atom is -0.482 e. The van der Waals surface area contributed by atoms with Crippen molar-refractivity contribution in [2.24, 2.45) is 5.92 Å². The summed E-state index contributed by atoms with van der Waals surface area (Å²) >= 11 is 0. The predicted molar refractivity (Wildman–Crippen MR) is 61.7 cm³/mol. The number of aliphatic hydroxyl groups is 1. The van der Waals surface area contributed by atoms with Gasteiger partial charge in [0.25, 0.3) is 0 Å². The van der Waals surface area contributed by atoms with Gasteiger partial charge in [-0.3, -0.25) is 0 Å². The third-order valence-corrected chi connectivity index (χ3v) is 3.05. The molecule has 2 atom stereocenters. The number of carboxylic acid groups (broad SMARTS) is 1. The quantitative estimate of drug-likeness (QED) is 0.834. The van der Waals surface area contributed by atoms with E-state index in [2.05, 4.69) is 6.92 Å². The van der Waals surface area contributed by atoms with Gasteiger partial charge >= 0.3 is 5.97 Å². The largest absolute Gasteiger partial charge is 0.482 e. The van der Waals surface area contributed by atoms with Gasteiger partial charge in [0.15, 0.2) is 6.61 Å². The second kappa shape index (κ2) is 4.75. The Morgan fingerprint density at radius 3 is 3.00 bits per heavy atom. The molecule has 1 aromatic rings. The summed E-state index contributed by atoms with van der Waals surface area (Å²) in [4.78, 5) is 10.5. The van der Waals surface area contributed by atoms with Gasteiger partial charge in [-0.1, -0.05) is 12.1 Å². The van der Waals surface area contributed by atoms with Crippen LogP contribution in [-0.2, 0) is 11.2 Å². The highest BCUT2D eigenvalue weighted by Gasteiger charge is 2.26. The van der Waals surface area contributed by atoms with E-state index in [1.807, 2.05) is 6.07 Å². The topological polar surface area (TPSA) is 66.8 Å². The fourth-order valence-electron chi connectivity index (χ4n) is 2.14. The molecule has 0 bridgehead atoms. The molecule has 0 fully saturated rings. The first-order valence-corrected chi connectivity index (χ1v) is 5.57. The van der Waals surface area contributed by atoms with Crippen molar-refractivity contribution in [1.82, 2.24) is 0 Å². The molecule has 4 heteroatoms. The molecule has 0 aliphatic heterocycles. The summed E-state index contributed by atoms with van der Waals surface area (Å²) in [5, 5.41) is 18.6. The van der Waals surface area contributed by atoms with Crippen molar-refractivity contribution in [3.63, 3.8) is 0 Å². The molecule has 0 amide bonds. The van der Waals surface area contributed by atoms with Gasteiger partial charge in [-0.15, -0.1) is 0 Å². The molecule has 0 unspecified atom stereocenters. The molecule has 0 heterocycles. The molecular formula is C13H15O4. The molecule has 17 heavy (non-hydrogen) atoms. The summed E-state index contributed by atoms with van der Waals surface area (Å²) in [7, 11) is 0. The molecule has 2 rings (SSSR count). The minimum atomic E-state index is -1.01. The zero-order valence-electron chi connectivity index (χ0n) is 9.43. The van der Waals surface area contributed by atoms with E-state index < -0.39 is 12.1 Å². The number of hydrogen-bond acceptors (Lipinski definition) is 3. The minimum absolute atomic E-state index is 0.0165. The Morgan fingerprint density at radius 2 is 2.29 bits per heavy atom. The monoisotopic (exact) mass is 235 g/mol. The van der Waals surface area contributed by atoms with Crippen LogP contribution in [0.25, 0.3) is 0 Å². The van der Waals surface area contributed by atoms with Crippen LogP contribution in [0.3, 0.4) is 0 Å². The van der Waals surface area contributed by atoms with E-state index in [0.717, 1.165) is 24.0 Å². The number of ether oxygens (including phenoxy) is 1. The van der Waals surface area contributed by atoms with Crippen molar-refractivity contribution in [3.05, 3.63) is 36.2 Å². The van der Waals surface area contributed by atoms with Crippen LogP contribution >= 0.6 is 0 Å². The van der Waals surface area contributed by atoms with Crippen molar-refractivity contribution in [2.45, 2.75) is 18.9 Å². The molecule has 1 radical (unpaired) electrons. The maximum Gasteiger partial charge on any atom is 0.341 e. The lowest BCUT2D eigenvalue weighted by atomic mass is 9.82. The Morgan fingerprint density at radius 1 is 1.53 bits per heavy atom. The van der Waals surface area contributed by atoms with Crippen LogP contribution in [-0.4, -0.2) is 22.8 Å². The van der Waals surface area contributed by atoms with Gasteiger partial charge in [0.1, 0.15) is 5.75 Å². The number of rotatable bonds is 3. The van der Waals surface area contributed by atoms with Crippen molar-refractivity contribution >= 4 is 5.97 Å². The molecule has 0 saturated heterocycles. The van der Waals surface area contributed by atoms with Crippen LogP contribution < -0.4 is 4.74 Å². The SMILES string of the molecule is [CH2][C@H]1CCc2c(OCC(=O)O)cccc2[C@H]1O. The van der Waals surface area contributed by atoms with Crippen LogP contribution in [0.15, 0.2) is 18.2 Å². The van der Waals surface area contributed by atoms with Gasteiger partial charge in [0.2, 0.25) is 0 Å². The Labute approximate surface area is 99.8 Å². The number of carbonyl (C=O) groups is 1. The number of aliphatic hydroxyl groups excluding tert-OH is 1. The summed E-state index contributed by atoms with van der Waals surface area (Å²) in [6.45, 7) is 3.54. The average Bonchev–Trinajstić information content (AvgIpc) is 2.31. The highest BCUT2D eigenvalue weighted by atomic mass is 16.5. The van der Waals surface area contributed by atoms with Gasteiger partial charge in [-0.2, -0.15) is 0 Å². The van der Waals surface area contributed by atoms with Crippen molar-refractivity contribution in [2.75, 3.05) is 6.61 Å². The van der Waals surface area contributed by atoms with Crippen LogP contribution in [0, 0.1) is 12.8 Å². The Kier molecular flexibility index (Phi) is 3.33. The maximum atomic E-state index is 10.5. The molecular weight excluding hydrogens is 220 g/mol. The van der Waals surface area contributed by atoms with Gasteiger partial charge < -0.3 is 14.9 Å². The standard InChI is InChI=1S/C13H15O4/c1-8-5-6-9-10(13(8)16)3-2-4-11(9)17-7-12(14)15/h2-4,8,13,16H,1,5-7H2,(H,14,15)/t8-,13-/m0/s1. The molecule has 91 valence electrons. The first kappa shape index (κ1) is 11.9. The summed E-state index contributed by atoms with van der Waals surface area (Å²) in [5.41, 5.74) is 1.71. The Hall–Kier alpha value is -1.55. The van der Waals surface area contributed by atoms with Gasteiger partial charge in [0, 0.05) is 0 Å². The number of hydrogen-bond donors (Lipinski definition) is 2. The average molecular weight is 235 g/mol. The van der Waals surface area contributed by atoms with E-state index in [-0.39, 0.29) is 12.5 Å². The lowest BCUT2D eigenvalue weighted by Gasteiger charge is -2.28. The van der Waals surface area contributed by atoms with Crippen LogP contribution in [0.5, 0.6) is 5.75 Å². The first-order valence-electron chi connectivity index (χ1n) is 5.57. The highest BCUT2D eigenvalue weighted by Crippen LogP contribution is 2.38. The molecule has 0 spiro atoms. The molecule has 2 N–H and O–H groups in total. The fourth-order valence-corrected chi connectivity index (χ4v) is 2.14. The third-order valence-electron chi connectivity index (χ3n) is 3.05. The number of aliphatic carboxylic acids is 1. The van der Waals surface area contributed by atoms with E-state index in [9.17, 15) is 9.90 Å². The second-order valence-electron chi connectivity index (χ2n) is 4.25. The molecule has 0 aromatic heterocycles. The van der Waals surface area contributed by atoms with Crippen LogP contribution in [0.1, 0.15) is 23.7 Å². The highest BCUT2D eigenvalue weighted by molar-refractivity contribution is 5.68. The molecule has 1 aliphatic rings. The third kappa shape index (κ3) is 2.42. The second-order valence-corrected chi connectivity index (χ2v) is 4.25. The summed E-state index contributed by atoms with van der Waals surface area (Å²) in [6.07, 6.45) is 0.949. The van der Waals surface area contributed by atoms with E-state index in [1.54, 1.807) is 12.1 Å². The molecule has 1 aromatic carbocycles. The smallest absolute Gasteiger partial charge is 0.341 e. The summed E-state index contributed by atoms with van der Waals surface area (Å²) in [6, 6.07) is 5.33.